The molecule has 0 spiro atoms. The van der Waals surface area contributed by atoms with E-state index >= 15 is 0 Å². The molecule has 0 amide bonds. The first kappa shape index (κ1) is 23.5. The van der Waals surface area contributed by atoms with Gasteiger partial charge in [0.05, 0.1) is 0 Å². The van der Waals surface area contributed by atoms with Crippen molar-refractivity contribution >= 4 is 10.1 Å². The van der Waals surface area contributed by atoms with Gasteiger partial charge in [-0.2, -0.15) is 17.2 Å². The van der Waals surface area contributed by atoms with Crippen molar-refractivity contribution in [2.75, 3.05) is 13.1 Å². The summed E-state index contributed by atoms with van der Waals surface area (Å²) in [7, 11) is -5.23. The topological polar surface area (TPSA) is 66.4 Å². The molecular weight excluding hydrogens is 312 g/mol. The molecule has 0 saturated carbocycles. The third-order valence-electron chi connectivity index (χ3n) is 2.78. The van der Waals surface area contributed by atoms with Crippen molar-refractivity contribution < 1.29 is 21.8 Å². The molecule has 0 aromatic heterocycles. The molecule has 4 nitrogen and oxygen atoms in total. The van der Waals surface area contributed by atoms with Gasteiger partial charge in [0, 0.05) is 19.5 Å². The minimum Gasteiger partial charge on any atom is -0.310 e. The van der Waals surface area contributed by atoms with Crippen LogP contribution in [0.25, 0.3) is 0 Å². The second-order valence-corrected chi connectivity index (χ2v) is 6.41. The van der Waals surface area contributed by atoms with Crippen molar-refractivity contribution in [1.29, 1.82) is 0 Å². The number of alkyl halides is 2. The van der Waals surface area contributed by atoms with Crippen LogP contribution < -0.4 is 5.32 Å². The summed E-state index contributed by atoms with van der Waals surface area (Å²) in [5, 5.41) is -0.940. The van der Waals surface area contributed by atoms with E-state index in [1.807, 2.05) is 19.1 Å². The van der Waals surface area contributed by atoms with Crippen LogP contribution in [0.3, 0.4) is 0 Å². The molecule has 0 aromatic carbocycles. The van der Waals surface area contributed by atoms with Gasteiger partial charge in [0.2, 0.25) is 0 Å². The second-order valence-electron chi connectivity index (χ2n) is 4.87. The molecule has 132 valence electrons. The van der Waals surface area contributed by atoms with Gasteiger partial charge in [0.1, 0.15) is 0 Å². The van der Waals surface area contributed by atoms with E-state index in [0.29, 0.717) is 6.42 Å². The Morgan fingerprint density at radius 3 is 1.91 bits per heavy atom. The lowest BCUT2D eigenvalue weighted by molar-refractivity contribution is 0.0683. The lowest BCUT2D eigenvalue weighted by atomic mass is 10.1. The van der Waals surface area contributed by atoms with Gasteiger partial charge < -0.3 is 5.32 Å². The summed E-state index contributed by atoms with van der Waals surface area (Å²) in [6, 6.07) is 0. The van der Waals surface area contributed by atoms with Crippen LogP contribution in [0.15, 0.2) is 25.3 Å². The van der Waals surface area contributed by atoms with E-state index in [0.717, 1.165) is 38.8 Å². The van der Waals surface area contributed by atoms with Crippen LogP contribution in [0.4, 0.5) is 8.78 Å². The lowest BCUT2D eigenvalue weighted by Crippen LogP contribution is -2.27. The highest BCUT2D eigenvalue weighted by Crippen LogP contribution is 2.27. The smallest absolute Gasteiger partial charge is 0.310 e. The Hall–Kier alpha value is -0.790. The van der Waals surface area contributed by atoms with Gasteiger partial charge >= 0.3 is 15.4 Å². The van der Waals surface area contributed by atoms with Crippen molar-refractivity contribution in [1.82, 2.24) is 5.32 Å². The maximum absolute atomic E-state index is 12.7. The van der Waals surface area contributed by atoms with Crippen molar-refractivity contribution in [2.45, 2.75) is 57.1 Å². The first-order valence-corrected chi connectivity index (χ1v) is 8.94. The highest BCUT2D eigenvalue weighted by molar-refractivity contribution is 7.86. The molecule has 0 saturated heterocycles. The largest absolute Gasteiger partial charge is 0.370 e. The molecule has 0 aromatic rings. The summed E-state index contributed by atoms with van der Waals surface area (Å²) >= 11 is 0. The van der Waals surface area contributed by atoms with Crippen LogP contribution in [0.2, 0.25) is 0 Å². The van der Waals surface area contributed by atoms with Gasteiger partial charge in [-0.1, -0.05) is 51.2 Å². The molecule has 0 unspecified atom stereocenters. The number of rotatable bonds is 12. The summed E-state index contributed by atoms with van der Waals surface area (Å²) < 4.78 is 54.0. The molecule has 2 N–H and O–H groups in total. The van der Waals surface area contributed by atoms with Crippen LogP contribution in [0.5, 0.6) is 0 Å². The first-order valence-electron chi connectivity index (χ1n) is 7.50. The molecule has 0 heterocycles. The zero-order valence-electron chi connectivity index (χ0n) is 13.4. The Bertz CT molecular complexity index is 376. The quantitative estimate of drug-likeness (QED) is 0.318. The standard InChI is InChI=1S/C9H18F2O3S.C6H11N/c1-2-3-4-5-6-7-8-9(10,11)15(12,13)14;1-3-5-7-6-4-2/h2-8H2,1H3,(H,12,13,14);3-4,7H,1-2,5-6H2. The van der Waals surface area contributed by atoms with Gasteiger partial charge in [-0.15, -0.1) is 13.2 Å². The number of unbranched alkanes of at least 4 members (excludes halogenated alkanes) is 5. The molecule has 7 heteroatoms. The van der Waals surface area contributed by atoms with Crippen molar-refractivity contribution in [3.63, 3.8) is 0 Å². The van der Waals surface area contributed by atoms with E-state index < -0.39 is 21.8 Å². The first-order chi connectivity index (χ1) is 10.2. The minimum atomic E-state index is -5.23. The molecule has 0 aliphatic heterocycles. The average molecular weight is 341 g/mol. The molecule has 0 bridgehead atoms. The van der Waals surface area contributed by atoms with Crippen LogP contribution >= 0.6 is 0 Å². The van der Waals surface area contributed by atoms with Crippen LogP contribution in [-0.4, -0.2) is 31.3 Å². The predicted molar refractivity (Wildman–Crippen MR) is 87.8 cm³/mol. The van der Waals surface area contributed by atoms with Crippen molar-refractivity contribution in [3.8, 4) is 0 Å². The predicted octanol–water partition coefficient (Wildman–Crippen LogP) is 4.17. The number of halogens is 2. The van der Waals surface area contributed by atoms with Gasteiger partial charge in [0.15, 0.2) is 0 Å². The Labute approximate surface area is 133 Å². The highest BCUT2D eigenvalue weighted by atomic mass is 32.2. The molecule has 0 fully saturated rings. The third kappa shape index (κ3) is 14.2. The van der Waals surface area contributed by atoms with E-state index in [-0.39, 0.29) is 6.42 Å². The van der Waals surface area contributed by atoms with E-state index in [2.05, 4.69) is 18.5 Å². The van der Waals surface area contributed by atoms with E-state index in [9.17, 15) is 17.2 Å². The highest BCUT2D eigenvalue weighted by Gasteiger charge is 2.42. The molecular formula is C15H29F2NO3S. The fourth-order valence-corrected chi connectivity index (χ4v) is 1.93. The van der Waals surface area contributed by atoms with Crippen LogP contribution in [-0.2, 0) is 10.1 Å². The maximum atomic E-state index is 12.7. The molecule has 0 atom stereocenters. The lowest BCUT2D eigenvalue weighted by Gasteiger charge is -2.11. The van der Waals surface area contributed by atoms with E-state index in [1.54, 1.807) is 0 Å². The zero-order chi connectivity index (χ0) is 17.5. The fourth-order valence-electron chi connectivity index (χ4n) is 1.53. The van der Waals surface area contributed by atoms with Crippen molar-refractivity contribution in [3.05, 3.63) is 25.3 Å². The Morgan fingerprint density at radius 1 is 1.05 bits per heavy atom. The Kier molecular flexibility index (Phi) is 14.8. The van der Waals surface area contributed by atoms with Gasteiger partial charge in [-0.05, 0) is 6.42 Å². The van der Waals surface area contributed by atoms with Gasteiger partial charge in [0.25, 0.3) is 0 Å². The zero-order valence-corrected chi connectivity index (χ0v) is 14.2. The maximum Gasteiger partial charge on any atom is 0.370 e. The summed E-state index contributed by atoms with van der Waals surface area (Å²) in [5.41, 5.74) is 0. The second kappa shape index (κ2) is 13.8. The number of hydrogen-bond acceptors (Lipinski definition) is 3. The molecule has 0 aliphatic rings. The number of hydrogen-bond donors (Lipinski definition) is 2. The van der Waals surface area contributed by atoms with E-state index in [4.69, 9.17) is 4.55 Å². The van der Waals surface area contributed by atoms with Gasteiger partial charge in [-0.25, -0.2) is 0 Å². The normalized spacial score (nSPS) is 11.5. The van der Waals surface area contributed by atoms with E-state index in [1.165, 1.54) is 0 Å². The molecule has 0 rings (SSSR count). The van der Waals surface area contributed by atoms with Crippen LogP contribution in [0.1, 0.15) is 51.9 Å². The summed E-state index contributed by atoms with van der Waals surface area (Å²) in [4.78, 5) is 0. The molecule has 0 radical (unpaired) electrons. The Balaban J connectivity index is 0. The van der Waals surface area contributed by atoms with Gasteiger partial charge in [-0.3, -0.25) is 4.55 Å². The summed E-state index contributed by atoms with van der Waals surface area (Å²) in [6.07, 6.45) is 7.49. The third-order valence-corrected chi connectivity index (χ3v) is 3.74. The van der Waals surface area contributed by atoms with Crippen molar-refractivity contribution in [2.24, 2.45) is 0 Å². The summed E-state index contributed by atoms with van der Waals surface area (Å²) in [5.74, 6) is 0. The average Bonchev–Trinajstić information content (AvgIpc) is 2.43. The fraction of sp³-hybridized carbons (Fsp3) is 0.733. The molecule has 0 aliphatic carbocycles. The SMILES string of the molecule is C=CCNCC=C.CCCCCCCCC(F)(F)S(=O)(=O)O. The monoisotopic (exact) mass is 341 g/mol. The number of nitrogens with one attached hydrogen (secondary N) is 1. The molecule has 22 heavy (non-hydrogen) atoms. The Morgan fingerprint density at radius 2 is 1.50 bits per heavy atom. The summed E-state index contributed by atoms with van der Waals surface area (Å²) in [6.45, 7) is 10.9. The van der Waals surface area contributed by atoms with Crippen LogP contribution in [0, 0.1) is 0 Å². The minimum absolute atomic E-state index is 0.122.